The second-order valence-electron chi connectivity index (χ2n) is 4.07. The highest BCUT2D eigenvalue weighted by atomic mass is 16.5. The summed E-state index contributed by atoms with van der Waals surface area (Å²) in [7, 11) is 3.04. The Morgan fingerprint density at radius 1 is 1.59 bits per heavy atom. The lowest BCUT2D eigenvalue weighted by atomic mass is 9.95. The maximum atomic E-state index is 11.7. The minimum Gasteiger partial charge on any atom is -0.469 e. The van der Waals surface area contributed by atoms with Gasteiger partial charge < -0.3 is 9.64 Å². The highest BCUT2D eigenvalue weighted by molar-refractivity contribution is 5.87. The summed E-state index contributed by atoms with van der Waals surface area (Å²) in [6.07, 6.45) is 3.53. The maximum absolute atomic E-state index is 11.7. The van der Waals surface area contributed by atoms with Crippen molar-refractivity contribution in [2.24, 2.45) is 5.92 Å². The molecule has 1 unspecified atom stereocenters. The van der Waals surface area contributed by atoms with Gasteiger partial charge in [-0.25, -0.2) is 0 Å². The number of aromatic nitrogens is 1. The summed E-state index contributed by atoms with van der Waals surface area (Å²) >= 11 is 0. The van der Waals surface area contributed by atoms with Crippen molar-refractivity contribution in [2.45, 2.75) is 12.5 Å². The van der Waals surface area contributed by atoms with Crippen molar-refractivity contribution in [3.63, 3.8) is 0 Å². The number of amides is 1. The molecule has 90 valence electrons. The van der Waals surface area contributed by atoms with E-state index in [0.29, 0.717) is 0 Å². The number of hydrogen-bond acceptors (Lipinski definition) is 4. The topological polar surface area (TPSA) is 59.5 Å². The zero-order valence-electron chi connectivity index (χ0n) is 9.79. The molecule has 1 aliphatic heterocycles. The van der Waals surface area contributed by atoms with Crippen LogP contribution in [0.5, 0.6) is 0 Å². The predicted molar refractivity (Wildman–Crippen MR) is 59.9 cm³/mol. The van der Waals surface area contributed by atoms with Crippen molar-refractivity contribution in [3.8, 4) is 0 Å². The standard InChI is InChI=1S/C12H14N2O3/c1-14-10(15)6-9(12(16)17-2)11(14)8-4-3-5-13-7-8/h3-5,7,9,11H,6H2,1-2H3/t9-,11?/m0/s1. The first-order chi connectivity index (χ1) is 8.15. The number of carbonyl (C=O) groups excluding carboxylic acids is 2. The molecule has 0 spiro atoms. The lowest BCUT2D eigenvalue weighted by molar-refractivity contribution is -0.146. The van der Waals surface area contributed by atoms with Crippen LogP contribution in [-0.4, -0.2) is 35.9 Å². The van der Waals surface area contributed by atoms with Crippen molar-refractivity contribution in [1.82, 2.24) is 9.88 Å². The molecule has 1 saturated heterocycles. The summed E-state index contributed by atoms with van der Waals surface area (Å²) in [6.45, 7) is 0. The van der Waals surface area contributed by atoms with E-state index in [-0.39, 0.29) is 24.3 Å². The number of rotatable bonds is 2. The molecule has 0 aliphatic carbocycles. The Kier molecular flexibility index (Phi) is 3.08. The van der Waals surface area contributed by atoms with E-state index < -0.39 is 5.92 Å². The van der Waals surface area contributed by atoms with Crippen molar-refractivity contribution < 1.29 is 14.3 Å². The van der Waals surface area contributed by atoms with Crippen LogP contribution in [-0.2, 0) is 14.3 Å². The van der Waals surface area contributed by atoms with Gasteiger partial charge in [0.1, 0.15) is 0 Å². The molecule has 2 rings (SSSR count). The van der Waals surface area contributed by atoms with E-state index >= 15 is 0 Å². The third-order valence-corrected chi connectivity index (χ3v) is 3.12. The first-order valence-electron chi connectivity index (χ1n) is 5.38. The third kappa shape index (κ3) is 2.00. The lowest BCUT2D eigenvalue weighted by Crippen LogP contribution is -2.27. The number of pyridine rings is 1. The van der Waals surface area contributed by atoms with Crippen LogP contribution >= 0.6 is 0 Å². The van der Waals surface area contributed by atoms with Gasteiger partial charge in [0.25, 0.3) is 0 Å². The van der Waals surface area contributed by atoms with E-state index in [9.17, 15) is 9.59 Å². The number of methoxy groups -OCH3 is 1. The van der Waals surface area contributed by atoms with Crippen molar-refractivity contribution >= 4 is 11.9 Å². The molecule has 5 heteroatoms. The van der Waals surface area contributed by atoms with Gasteiger partial charge in [0.05, 0.1) is 19.1 Å². The van der Waals surface area contributed by atoms with Gasteiger partial charge in [-0.3, -0.25) is 14.6 Å². The van der Waals surface area contributed by atoms with Crippen LogP contribution in [0.4, 0.5) is 0 Å². The van der Waals surface area contributed by atoms with Gasteiger partial charge >= 0.3 is 5.97 Å². The normalized spacial score (nSPS) is 23.9. The van der Waals surface area contributed by atoms with Gasteiger partial charge in [0.2, 0.25) is 5.91 Å². The van der Waals surface area contributed by atoms with E-state index in [4.69, 9.17) is 4.74 Å². The molecule has 5 nitrogen and oxygen atoms in total. The average molecular weight is 234 g/mol. The average Bonchev–Trinajstić information content (AvgIpc) is 2.66. The summed E-state index contributed by atoms with van der Waals surface area (Å²) in [5, 5.41) is 0. The monoisotopic (exact) mass is 234 g/mol. The predicted octanol–water partition coefficient (Wildman–Crippen LogP) is 0.774. The van der Waals surface area contributed by atoms with Crippen molar-refractivity contribution in [3.05, 3.63) is 30.1 Å². The molecule has 0 N–H and O–H groups in total. The van der Waals surface area contributed by atoms with Crippen LogP contribution in [0.2, 0.25) is 0 Å². The van der Waals surface area contributed by atoms with Crippen LogP contribution in [0.25, 0.3) is 0 Å². The number of likely N-dealkylation sites (tertiary alicyclic amines) is 1. The maximum Gasteiger partial charge on any atom is 0.311 e. The zero-order valence-corrected chi connectivity index (χ0v) is 9.79. The van der Waals surface area contributed by atoms with Crippen LogP contribution in [0.15, 0.2) is 24.5 Å². The molecule has 0 saturated carbocycles. The molecule has 2 atom stereocenters. The van der Waals surface area contributed by atoms with E-state index in [0.717, 1.165) is 5.56 Å². The van der Waals surface area contributed by atoms with Gasteiger partial charge in [-0.15, -0.1) is 0 Å². The van der Waals surface area contributed by atoms with Gasteiger partial charge in [-0.05, 0) is 11.6 Å². The lowest BCUT2D eigenvalue weighted by Gasteiger charge is -2.23. The van der Waals surface area contributed by atoms with Gasteiger partial charge in [-0.2, -0.15) is 0 Å². The Labute approximate surface area is 99.4 Å². The minimum atomic E-state index is -0.443. The molecule has 0 bridgehead atoms. The molecule has 1 amide bonds. The Morgan fingerprint density at radius 3 is 2.94 bits per heavy atom. The Hall–Kier alpha value is -1.91. The largest absolute Gasteiger partial charge is 0.469 e. The van der Waals surface area contributed by atoms with Crippen LogP contribution < -0.4 is 0 Å². The van der Waals surface area contributed by atoms with Gasteiger partial charge in [0.15, 0.2) is 0 Å². The minimum absolute atomic E-state index is 0.0470. The van der Waals surface area contributed by atoms with E-state index in [1.807, 2.05) is 6.07 Å². The molecule has 0 radical (unpaired) electrons. The number of hydrogen-bond donors (Lipinski definition) is 0. The van der Waals surface area contributed by atoms with Crippen LogP contribution in [0, 0.1) is 5.92 Å². The molecular formula is C12H14N2O3. The SMILES string of the molecule is COC(=O)[C@H]1CC(=O)N(C)C1c1cccnc1. The molecule has 0 aromatic carbocycles. The quantitative estimate of drug-likeness (QED) is 0.709. The van der Waals surface area contributed by atoms with Crippen molar-refractivity contribution in [2.75, 3.05) is 14.2 Å². The molecule has 1 aromatic rings. The number of ether oxygens (including phenoxy) is 1. The first-order valence-corrected chi connectivity index (χ1v) is 5.38. The fourth-order valence-corrected chi connectivity index (χ4v) is 2.24. The number of carbonyl (C=O) groups is 2. The molecule has 1 fully saturated rings. The van der Waals surface area contributed by atoms with E-state index in [1.54, 1.807) is 30.4 Å². The summed E-state index contributed by atoms with van der Waals surface area (Å²) in [5.74, 6) is -0.840. The molecular weight excluding hydrogens is 220 g/mol. The Balaban J connectivity index is 2.34. The summed E-state index contributed by atoms with van der Waals surface area (Å²) < 4.78 is 4.74. The molecule has 2 heterocycles. The second-order valence-corrected chi connectivity index (χ2v) is 4.07. The highest BCUT2D eigenvalue weighted by Crippen LogP contribution is 2.37. The Morgan fingerprint density at radius 2 is 2.35 bits per heavy atom. The fourth-order valence-electron chi connectivity index (χ4n) is 2.24. The number of esters is 1. The Bertz CT molecular complexity index is 433. The van der Waals surface area contributed by atoms with E-state index in [2.05, 4.69) is 4.98 Å². The highest BCUT2D eigenvalue weighted by Gasteiger charge is 2.43. The zero-order chi connectivity index (χ0) is 12.4. The van der Waals surface area contributed by atoms with Crippen molar-refractivity contribution in [1.29, 1.82) is 0 Å². The van der Waals surface area contributed by atoms with Gasteiger partial charge in [-0.1, -0.05) is 6.07 Å². The molecule has 17 heavy (non-hydrogen) atoms. The van der Waals surface area contributed by atoms with Crippen LogP contribution in [0.3, 0.4) is 0 Å². The smallest absolute Gasteiger partial charge is 0.311 e. The third-order valence-electron chi connectivity index (χ3n) is 3.12. The van der Waals surface area contributed by atoms with Crippen LogP contribution in [0.1, 0.15) is 18.0 Å². The summed E-state index contributed by atoms with van der Waals surface area (Å²) in [6, 6.07) is 3.38. The molecule has 1 aliphatic rings. The first kappa shape index (κ1) is 11.6. The second kappa shape index (κ2) is 4.53. The van der Waals surface area contributed by atoms with Gasteiger partial charge in [0, 0.05) is 25.9 Å². The summed E-state index contributed by atoms with van der Waals surface area (Å²) in [5.41, 5.74) is 0.858. The summed E-state index contributed by atoms with van der Waals surface area (Å²) in [4.78, 5) is 29.0. The van der Waals surface area contributed by atoms with E-state index in [1.165, 1.54) is 7.11 Å². The number of nitrogens with zero attached hydrogens (tertiary/aromatic N) is 2. The fraction of sp³-hybridized carbons (Fsp3) is 0.417. The molecule has 1 aromatic heterocycles.